The van der Waals surface area contributed by atoms with E-state index in [4.69, 9.17) is 9.73 Å². The van der Waals surface area contributed by atoms with Crippen molar-refractivity contribution in [1.82, 2.24) is 20.9 Å². The fourth-order valence-electron chi connectivity index (χ4n) is 6.72. The molecule has 0 fully saturated rings. The van der Waals surface area contributed by atoms with Crippen molar-refractivity contribution in [1.29, 1.82) is 0 Å². The van der Waals surface area contributed by atoms with Crippen molar-refractivity contribution < 1.29 is 29.0 Å². The first-order valence-electron chi connectivity index (χ1n) is 20.0. The van der Waals surface area contributed by atoms with Gasteiger partial charge in [0.1, 0.15) is 17.2 Å². The van der Waals surface area contributed by atoms with Gasteiger partial charge in [0.2, 0.25) is 11.8 Å². The number of nitrogens with one attached hydrogen (secondary N) is 3. The summed E-state index contributed by atoms with van der Waals surface area (Å²) in [4.78, 5) is 60.9. The van der Waals surface area contributed by atoms with Crippen molar-refractivity contribution in [2.75, 3.05) is 11.5 Å². The number of amides is 3. The Hall–Kier alpha value is -5.40. The molecule has 2 heterocycles. The number of thioether (sulfide) groups is 2. The molecule has 4 N–H and O–H groups in total. The van der Waals surface area contributed by atoms with E-state index >= 15 is 0 Å². The number of aliphatic carboxylic acids is 1. The van der Waals surface area contributed by atoms with Crippen molar-refractivity contribution in [3.8, 4) is 0 Å². The van der Waals surface area contributed by atoms with E-state index in [-0.39, 0.29) is 18.9 Å². The molecule has 0 spiro atoms. The third-order valence-corrected chi connectivity index (χ3v) is 12.6. The molecular weight excluding hydrogens is 795 g/mol. The molecule has 0 saturated heterocycles. The van der Waals surface area contributed by atoms with Gasteiger partial charge in [-0.1, -0.05) is 117 Å². The van der Waals surface area contributed by atoms with Gasteiger partial charge in [-0.3, -0.25) is 24.4 Å². The molecule has 13 heteroatoms. The molecule has 1 aliphatic heterocycles. The second kappa shape index (κ2) is 20.7. The molecule has 3 aromatic carbocycles. The zero-order valence-corrected chi connectivity index (χ0v) is 36.6. The number of aromatic nitrogens is 1. The van der Waals surface area contributed by atoms with Crippen LogP contribution >= 0.6 is 23.5 Å². The van der Waals surface area contributed by atoms with E-state index in [1.807, 2.05) is 38.1 Å². The van der Waals surface area contributed by atoms with Crippen LogP contribution < -0.4 is 16.0 Å². The number of aliphatic imine (C=N–C) groups is 1. The second-order valence-corrected chi connectivity index (χ2v) is 18.4. The fraction of sp³-hybridized carbons (Fsp3) is 0.362. The summed E-state index contributed by atoms with van der Waals surface area (Å²) < 4.78 is 4.82. The molecule has 60 heavy (non-hydrogen) atoms. The molecule has 0 aliphatic carbocycles. The number of carboxylic acid groups (broad SMARTS) is 1. The first-order valence-corrected chi connectivity index (χ1v) is 22.0. The van der Waals surface area contributed by atoms with Gasteiger partial charge in [0.05, 0.1) is 34.5 Å². The van der Waals surface area contributed by atoms with Crippen LogP contribution in [0.3, 0.4) is 0 Å². The number of pyridine rings is 1. The standard InChI is InChI=1S/C47H55N5O6S2/c1-32(2)40(51-43(56)46(6)31-59-42(52-46)33-25-26-48-38(28-33)30-49-44(57)58-45(3,4)5)41(55)50-37(29-39(53)54)24-16-17-27-60-47(34-18-10-7-11-19-34,35-20-12-8-13-21-35)36-22-14-9-15-23-36/h7-16,18-26,28,32,37,40H,17,27,29-31H2,1-6H3,(H,49,57)(H,50,55)(H,51,56)(H,53,54). The number of benzene rings is 3. The Bertz CT molecular complexity index is 2050. The summed E-state index contributed by atoms with van der Waals surface area (Å²) in [6.45, 7) is 10.9. The molecule has 4 aromatic rings. The number of ether oxygens (including phenoxy) is 1. The average molecular weight is 850 g/mol. The van der Waals surface area contributed by atoms with Gasteiger partial charge in [0.15, 0.2) is 0 Å². The number of nitrogens with zero attached hydrogens (tertiary/aromatic N) is 2. The lowest BCUT2D eigenvalue weighted by molar-refractivity contribution is -0.138. The Kier molecular flexibility index (Phi) is 15.8. The lowest BCUT2D eigenvalue weighted by atomic mass is 9.84. The number of hydrogen-bond donors (Lipinski definition) is 4. The normalized spacial score (nSPS) is 16.5. The molecule has 3 unspecified atom stereocenters. The molecule has 1 aromatic heterocycles. The van der Waals surface area contributed by atoms with Gasteiger partial charge in [0, 0.05) is 17.5 Å². The van der Waals surface area contributed by atoms with Crippen molar-refractivity contribution in [2.45, 2.75) is 88.9 Å². The summed E-state index contributed by atoms with van der Waals surface area (Å²) in [7, 11) is 0. The number of rotatable bonds is 18. The van der Waals surface area contributed by atoms with E-state index in [0.29, 0.717) is 28.7 Å². The van der Waals surface area contributed by atoms with Gasteiger partial charge < -0.3 is 25.8 Å². The van der Waals surface area contributed by atoms with Crippen molar-refractivity contribution in [2.24, 2.45) is 10.9 Å². The number of allylic oxidation sites excluding steroid dienone is 1. The lowest BCUT2D eigenvalue weighted by Gasteiger charge is -2.35. The molecule has 0 saturated carbocycles. The molecule has 3 amide bonds. The van der Waals surface area contributed by atoms with Gasteiger partial charge >= 0.3 is 12.1 Å². The number of carbonyl (C=O) groups is 4. The maximum atomic E-state index is 13.8. The minimum absolute atomic E-state index is 0.151. The zero-order chi connectivity index (χ0) is 43.3. The minimum atomic E-state index is -1.17. The first-order chi connectivity index (χ1) is 28.6. The summed E-state index contributed by atoms with van der Waals surface area (Å²) >= 11 is 3.22. The Balaban J connectivity index is 1.24. The van der Waals surface area contributed by atoms with Crippen LogP contribution in [-0.4, -0.2) is 73.7 Å². The van der Waals surface area contributed by atoms with Crippen molar-refractivity contribution in [3.05, 3.63) is 149 Å². The lowest BCUT2D eigenvalue weighted by Crippen LogP contribution is -2.56. The largest absolute Gasteiger partial charge is 0.481 e. The second-order valence-electron chi connectivity index (χ2n) is 16.1. The summed E-state index contributed by atoms with van der Waals surface area (Å²) in [6, 6.07) is 33.1. The predicted molar refractivity (Wildman–Crippen MR) is 241 cm³/mol. The van der Waals surface area contributed by atoms with Crippen LogP contribution in [0.15, 0.2) is 126 Å². The fourth-order valence-corrected chi connectivity index (χ4v) is 9.36. The van der Waals surface area contributed by atoms with E-state index in [1.165, 1.54) is 11.8 Å². The maximum absolute atomic E-state index is 13.8. The number of hydrogen-bond acceptors (Lipinski definition) is 9. The van der Waals surface area contributed by atoms with E-state index in [1.54, 1.807) is 63.9 Å². The molecule has 3 atom stereocenters. The summed E-state index contributed by atoms with van der Waals surface area (Å²) in [6.07, 6.45) is 5.01. The zero-order valence-electron chi connectivity index (χ0n) is 35.0. The predicted octanol–water partition coefficient (Wildman–Crippen LogP) is 8.13. The van der Waals surface area contributed by atoms with Gasteiger partial charge in [-0.05, 0) is 74.6 Å². The van der Waals surface area contributed by atoms with Crippen LogP contribution in [0.5, 0.6) is 0 Å². The summed E-state index contributed by atoms with van der Waals surface area (Å²) in [5.41, 5.74) is 3.00. The Morgan fingerprint density at radius 1 is 0.900 bits per heavy atom. The van der Waals surface area contributed by atoms with Crippen LogP contribution in [0, 0.1) is 5.92 Å². The van der Waals surface area contributed by atoms with E-state index in [0.717, 1.165) is 22.3 Å². The Labute approximate surface area is 361 Å². The number of carboxylic acids is 1. The highest BCUT2D eigenvalue weighted by atomic mass is 32.2. The molecule has 1 aliphatic rings. The monoisotopic (exact) mass is 849 g/mol. The van der Waals surface area contributed by atoms with Crippen LogP contribution in [0.2, 0.25) is 0 Å². The van der Waals surface area contributed by atoms with Gasteiger partial charge in [0.25, 0.3) is 0 Å². The van der Waals surface area contributed by atoms with E-state index in [9.17, 15) is 24.3 Å². The van der Waals surface area contributed by atoms with Crippen molar-refractivity contribution >= 4 is 52.4 Å². The van der Waals surface area contributed by atoms with Crippen LogP contribution in [0.4, 0.5) is 4.79 Å². The average Bonchev–Trinajstić information content (AvgIpc) is 3.63. The van der Waals surface area contributed by atoms with Crippen LogP contribution in [-0.2, 0) is 30.4 Å². The van der Waals surface area contributed by atoms with Gasteiger partial charge in [-0.15, -0.1) is 23.5 Å². The first kappa shape index (κ1) is 45.7. The molecule has 0 radical (unpaired) electrons. The van der Waals surface area contributed by atoms with E-state index < -0.39 is 51.8 Å². The van der Waals surface area contributed by atoms with E-state index in [2.05, 4.69) is 93.7 Å². The SMILES string of the molecule is CC(C)C(NC(=O)C1(C)CSC(c2ccnc(CNC(=O)OC(C)(C)C)c2)=N1)C(=O)NC(C=CCCSC(c1ccccc1)(c1ccccc1)c1ccccc1)CC(=O)O. The number of carbonyl (C=O) groups excluding carboxylic acids is 3. The molecule has 11 nitrogen and oxygen atoms in total. The molecule has 0 bridgehead atoms. The minimum Gasteiger partial charge on any atom is -0.481 e. The maximum Gasteiger partial charge on any atom is 0.407 e. The number of alkyl carbamates (subject to hydrolysis) is 1. The highest BCUT2D eigenvalue weighted by Gasteiger charge is 2.41. The van der Waals surface area contributed by atoms with Crippen LogP contribution in [0.1, 0.15) is 82.3 Å². The summed E-state index contributed by atoms with van der Waals surface area (Å²) in [5, 5.41) is 18.9. The summed E-state index contributed by atoms with van der Waals surface area (Å²) in [5.74, 6) is -1.20. The Morgan fingerprint density at radius 2 is 1.48 bits per heavy atom. The van der Waals surface area contributed by atoms with Crippen LogP contribution in [0.25, 0.3) is 0 Å². The smallest absolute Gasteiger partial charge is 0.407 e. The molecule has 316 valence electrons. The third-order valence-electron chi connectivity index (χ3n) is 9.67. The van der Waals surface area contributed by atoms with Gasteiger partial charge in [-0.2, -0.15) is 0 Å². The highest BCUT2D eigenvalue weighted by Crippen LogP contribution is 2.48. The molecule has 5 rings (SSSR count). The Morgan fingerprint density at radius 3 is 2.02 bits per heavy atom. The molecular formula is C47H55N5O6S2. The highest BCUT2D eigenvalue weighted by molar-refractivity contribution is 8.14. The topological polar surface area (TPSA) is 159 Å². The van der Waals surface area contributed by atoms with Gasteiger partial charge in [-0.25, -0.2) is 4.79 Å². The third kappa shape index (κ3) is 12.3. The van der Waals surface area contributed by atoms with Crippen molar-refractivity contribution in [3.63, 3.8) is 0 Å². The quantitative estimate of drug-likeness (QED) is 0.0441.